The summed E-state index contributed by atoms with van der Waals surface area (Å²) in [5.41, 5.74) is 1.87. The van der Waals surface area contributed by atoms with Crippen LogP contribution >= 0.6 is 0 Å². The molecule has 2 rings (SSSR count). The lowest BCUT2D eigenvalue weighted by molar-refractivity contribution is 0.430. The summed E-state index contributed by atoms with van der Waals surface area (Å²) in [4.78, 5) is 0. The minimum absolute atomic E-state index is 0.277. The highest BCUT2D eigenvalue weighted by Gasteiger charge is 2.16. The summed E-state index contributed by atoms with van der Waals surface area (Å²) in [6.07, 6.45) is 0. The number of hydrogen-bond donors (Lipinski definition) is 2. The first-order valence-corrected chi connectivity index (χ1v) is 4.85. The summed E-state index contributed by atoms with van der Waals surface area (Å²) in [5, 5.41) is 15.7. The maximum Gasteiger partial charge on any atom is 0.0995 e. The van der Waals surface area contributed by atoms with Crippen molar-refractivity contribution in [1.82, 2.24) is 10.6 Å². The van der Waals surface area contributed by atoms with E-state index in [9.17, 15) is 0 Å². The van der Waals surface area contributed by atoms with Crippen LogP contribution in [0.5, 0.6) is 0 Å². The molecule has 0 amide bonds. The molecule has 0 saturated carbocycles. The fourth-order valence-corrected chi connectivity index (χ4v) is 1.78. The molecular formula is C11H13N3. The number of rotatable bonds is 1. The molecule has 2 N–H and O–H groups in total. The zero-order chi connectivity index (χ0) is 9.80. The van der Waals surface area contributed by atoms with Crippen LogP contribution in [0.15, 0.2) is 24.3 Å². The standard InChI is InChI=1S/C11H13N3/c12-7-9-3-1-2-4-10(9)11-8-13-5-6-14-11/h1-4,11,13-14H,5-6,8H2/t11-/m0/s1. The van der Waals surface area contributed by atoms with Gasteiger partial charge in [-0.15, -0.1) is 0 Å². The Morgan fingerprint density at radius 2 is 2.14 bits per heavy atom. The van der Waals surface area contributed by atoms with Crippen LogP contribution in [0, 0.1) is 11.3 Å². The molecule has 0 radical (unpaired) electrons. The molecule has 0 spiro atoms. The van der Waals surface area contributed by atoms with Gasteiger partial charge in [-0.05, 0) is 11.6 Å². The summed E-state index contributed by atoms with van der Waals surface area (Å²) < 4.78 is 0. The predicted molar refractivity (Wildman–Crippen MR) is 54.8 cm³/mol. The zero-order valence-electron chi connectivity index (χ0n) is 7.96. The van der Waals surface area contributed by atoms with E-state index in [1.807, 2.05) is 24.3 Å². The van der Waals surface area contributed by atoms with Crippen molar-refractivity contribution in [3.05, 3.63) is 35.4 Å². The third-order valence-electron chi connectivity index (χ3n) is 2.50. The average Bonchev–Trinajstić information content (AvgIpc) is 2.30. The van der Waals surface area contributed by atoms with Gasteiger partial charge in [0, 0.05) is 25.7 Å². The third-order valence-corrected chi connectivity index (χ3v) is 2.50. The molecule has 1 aromatic rings. The van der Waals surface area contributed by atoms with Crippen LogP contribution in [-0.4, -0.2) is 19.6 Å². The van der Waals surface area contributed by atoms with Crippen molar-refractivity contribution < 1.29 is 0 Å². The van der Waals surface area contributed by atoms with Crippen LogP contribution in [0.1, 0.15) is 17.2 Å². The van der Waals surface area contributed by atoms with E-state index < -0.39 is 0 Å². The number of benzene rings is 1. The molecule has 3 heteroatoms. The number of hydrogen-bond acceptors (Lipinski definition) is 3. The van der Waals surface area contributed by atoms with Crippen molar-refractivity contribution in [1.29, 1.82) is 5.26 Å². The molecule has 1 aliphatic heterocycles. The lowest BCUT2D eigenvalue weighted by Crippen LogP contribution is -2.42. The first-order chi connectivity index (χ1) is 6.92. The second-order valence-electron chi connectivity index (χ2n) is 3.41. The quantitative estimate of drug-likeness (QED) is 0.683. The molecule has 0 aliphatic carbocycles. The van der Waals surface area contributed by atoms with Gasteiger partial charge in [-0.3, -0.25) is 0 Å². The highest BCUT2D eigenvalue weighted by atomic mass is 15.1. The second kappa shape index (κ2) is 4.23. The molecule has 3 nitrogen and oxygen atoms in total. The van der Waals surface area contributed by atoms with Crippen LogP contribution in [0.2, 0.25) is 0 Å². The first-order valence-electron chi connectivity index (χ1n) is 4.85. The number of nitrogens with one attached hydrogen (secondary N) is 2. The topological polar surface area (TPSA) is 47.9 Å². The SMILES string of the molecule is N#Cc1ccccc1[C@@H]1CNCCN1. The fraction of sp³-hybridized carbons (Fsp3) is 0.364. The fourth-order valence-electron chi connectivity index (χ4n) is 1.78. The molecule has 1 saturated heterocycles. The highest BCUT2D eigenvalue weighted by Crippen LogP contribution is 2.17. The van der Waals surface area contributed by atoms with E-state index in [4.69, 9.17) is 5.26 Å². The van der Waals surface area contributed by atoms with Gasteiger partial charge in [-0.1, -0.05) is 18.2 Å². The minimum Gasteiger partial charge on any atom is -0.314 e. The van der Waals surface area contributed by atoms with Gasteiger partial charge in [0.25, 0.3) is 0 Å². The summed E-state index contributed by atoms with van der Waals surface area (Å²) in [6.45, 7) is 2.87. The monoisotopic (exact) mass is 187 g/mol. The Labute approximate surface area is 83.7 Å². The molecule has 1 fully saturated rings. The molecule has 72 valence electrons. The van der Waals surface area contributed by atoms with Crippen molar-refractivity contribution in [2.75, 3.05) is 19.6 Å². The Balaban J connectivity index is 2.26. The highest BCUT2D eigenvalue weighted by molar-refractivity contribution is 5.39. The lowest BCUT2D eigenvalue weighted by atomic mass is 10.00. The molecule has 0 aromatic heterocycles. The second-order valence-corrected chi connectivity index (χ2v) is 3.41. The minimum atomic E-state index is 0.277. The van der Waals surface area contributed by atoms with Crippen molar-refractivity contribution in [2.24, 2.45) is 0 Å². The van der Waals surface area contributed by atoms with Crippen molar-refractivity contribution in [3.8, 4) is 6.07 Å². The van der Waals surface area contributed by atoms with Crippen molar-refractivity contribution in [3.63, 3.8) is 0 Å². The van der Waals surface area contributed by atoms with Gasteiger partial charge >= 0.3 is 0 Å². The molecule has 1 heterocycles. The van der Waals surface area contributed by atoms with Gasteiger partial charge in [-0.25, -0.2) is 0 Å². The van der Waals surface area contributed by atoms with Gasteiger partial charge in [0.2, 0.25) is 0 Å². The molecule has 1 atom stereocenters. The Kier molecular flexibility index (Phi) is 2.78. The Morgan fingerprint density at radius 1 is 1.29 bits per heavy atom. The van der Waals surface area contributed by atoms with Crippen LogP contribution in [0.25, 0.3) is 0 Å². The molecule has 1 aliphatic rings. The van der Waals surface area contributed by atoms with Crippen molar-refractivity contribution in [2.45, 2.75) is 6.04 Å². The Bertz CT molecular complexity index is 348. The smallest absolute Gasteiger partial charge is 0.0995 e. The van der Waals surface area contributed by atoms with E-state index in [1.54, 1.807) is 0 Å². The van der Waals surface area contributed by atoms with Crippen LogP contribution < -0.4 is 10.6 Å². The maximum atomic E-state index is 8.95. The van der Waals surface area contributed by atoms with Crippen LogP contribution in [0.3, 0.4) is 0 Å². The van der Waals surface area contributed by atoms with Crippen LogP contribution in [0.4, 0.5) is 0 Å². The molecule has 14 heavy (non-hydrogen) atoms. The van der Waals surface area contributed by atoms with E-state index in [1.165, 1.54) is 0 Å². The van der Waals surface area contributed by atoms with E-state index in [0.29, 0.717) is 0 Å². The average molecular weight is 187 g/mol. The van der Waals surface area contributed by atoms with Crippen LogP contribution in [-0.2, 0) is 0 Å². The van der Waals surface area contributed by atoms with Gasteiger partial charge in [0.15, 0.2) is 0 Å². The van der Waals surface area contributed by atoms with Gasteiger partial charge in [0.1, 0.15) is 0 Å². The van der Waals surface area contributed by atoms with E-state index >= 15 is 0 Å². The summed E-state index contributed by atoms with van der Waals surface area (Å²) >= 11 is 0. The summed E-state index contributed by atoms with van der Waals surface area (Å²) in [7, 11) is 0. The van der Waals surface area contributed by atoms with E-state index in [-0.39, 0.29) is 6.04 Å². The molecule has 1 aromatic carbocycles. The zero-order valence-corrected chi connectivity index (χ0v) is 7.96. The van der Waals surface area contributed by atoms with E-state index in [0.717, 1.165) is 30.8 Å². The number of nitrogens with zero attached hydrogens (tertiary/aromatic N) is 1. The molecule has 0 bridgehead atoms. The number of nitriles is 1. The normalized spacial score (nSPS) is 21.5. The predicted octanol–water partition coefficient (Wildman–Crippen LogP) is 0.792. The lowest BCUT2D eigenvalue weighted by Gasteiger charge is -2.25. The summed E-state index contributed by atoms with van der Waals surface area (Å²) in [5.74, 6) is 0. The molecule has 0 unspecified atom stereocenters. The van der Waals surface area contributed by atoms with E-state index in [2.05, 4.69) is 16.7 Å². The Morgan fingerprint density at radius 3 is 2.86 bits per heavy atom. The van der Waals surface area contributed by atoms with Crippen molar-refractivity contribution >= 4 is 0 Å². The Hall–Kier alpha value is -1.37. The third kappa shape index (κ3) is 1.77. The van der Waals surface area contributed by atoms with Gasteiger partial charge < -0.3 is 10.6 Å². The molecular weight excluding hydrogens is 174 g/mol. The van der Waals surface area contributed by atoms with Gasteiger partial charge in [0.05, 0.1) is 11.6 Å². The largest absolute Gasteiger partial charge is 0.314 e. The van der Waals surface area contributed by atoms with Gasteiger partial charge in [-0.2, -0.15) is 5.26 Å². The summed E-state index contributed by atoms with van der Waals surface area (Å²) in [6, 6.07) is 10.3. The maximum absolute atomic E-state index is 8.95. The number of piperazine rings is 1. The first kappa shape index (κ1) is 9.20.